The number of benzene rings is 1. The Hall–Kier alpha value is -1.88. The molecule has 1 heterocycles. The van der Waals surface area contributed by atoms with Crippen molar-refractivity contribution in [2.75, 3.05) is 19.7 Å². The molecule has 1 aliphatic heterocycles. The topological polar surface area (TPSA) is 58.6 Å². The minimum absolute atomic E-state index is 0.0820. The Balaban J connectivity index is 2.23. The van der Waals surface area contributed by atoms with Gasteiger partial charge in [-0.15, -0.1) is 0 Å². The molecule has 2 atom stereocenters. The van der Waals surface area contributed by atoms with Gasteiger partial charge in [0.2, 0.25) is 5.91 Å². The Kier molecular flexibility index (Phi) is 4.63. The van der Waals surface area contributed by atoms with Crippen LogP contribution in [0.5, 0.6) is 0 Å². The van der Waals surface area contributed by atoms with Crippen molar-refractivity contribution in [3.05, 3.63) is 35.9 Å². The first kappa shape index (κ1) is 15.5. The number of rotatable bonds is 5. The molecule has 5 heteroatoms. The molecule has 1 aromatic carbocycles. The van der Waals surface area contributed by atoms with Crippen molar-refractivity contribution in [2.24, 2.45) is 0 Å². The van der Waals surface area contributed by atoms with E-state index in [4.69, 9.17) is 4.74 Å². The third-order valence-corrected chi connectivity index (χ3v) is 3.72. The summed E-state index contributed by atoms with van der Waals surface area (Å²) >= 11 is 0. The zero-order valence-electron chi connectivity index (χ0n) is 12.8. The van der Waals surface area contributed by atoms with Crippen LogP contribution in [-0.4, -0.2) is 42.5 Å². The van der Waals surface area contributed by atoms with Crippen LogP contribution in [0.1, 0.15) is 26.3 Å². The second kappa shape index (κ2) is 6.26. The van der Waals surface area contributed by atoms with E-state index in [-0.39, 0.29) is 24.5 Å². The lowest BCUT2D eigenvalue weighted by atomic mass is 9.88. The molecule has 2 amide bonds. The van der Waals surface area contributed by atoms with Gasteiger partial charge in [0, 0.05) is 13.2 Å². The number of nitrogens with zero attached hydrogens (tertiary/aromatic N) is 1. The quantitative estimate of drug-likeness (QED) is 0.889. The molecule has 2 rings (SSSR count). The lowest BCUT2D eigenvalue weighted by molar-refractivity contribution is -0.151. The van der Waals surface area contributed by atoms with Crippen molar-refractivity contribution in [2.45, 2.75) is 32.4 Å². The molecule has 0 spiro atoms. The number of amides is 2. The molecule has 0 aromatic heterocycles. The summed E-state index contributed by atoms with van der Waals surface area (Å²) < 4.78 is 5.48. The van der Waals surface area contributed by atoms with Crippen LogP contribution in [0.4, 0.5) is 0 Å². The second-order valence-electron chi connectivity index (χ2n) is 5.49. The lowest BCUT2D eigenvalue weighted by Crippen LogP contribution is -2.64. The van der Waals surface area contributed by atoms with Crippen LogP contribution < -0.4 is 5.32 Å². The maximum Gasteiger partial charge on any atom is 0.253 e. The van der Waals surface area contributed by atoms with Gasteiger partial charge in [-0.25, -0.2) is 0 Å². The molecule has 1 aromatic rings. The number of carbonyl (C=O) groups excluding carboxylic acids is 2. The van der Waals surface area contributed by atoms with Crippen molar-refractivity contribution < 1.29 is 14.3 Å². The van der Waals surface area contributed by atoms with Gasteiger partial charge in [0.05, 0.1) is 12.6 Å². The number of piperazine rings is 1. The maximum absolute atomic E-state index is 12.8. The highest BCUT2D eigenvalue weighted by atomic mass is 16.5. The molecule has 5 nitrogen and oxygen atoms in total. The van der Waals surface area contributed by atoms with E-state index in [0.717, 1.165) is 5.56 Å². The van der Waals surface area contributed by atoms with Gasteiger partial charge in [0.25, 0.3) is 5.91 Å². The Morgan fingerprint density at radius 1 is 1.33 bits per heavy atom. The molecule has 0 saturated carbocycles. The summed E-state index contributed by atoms with van der Waals surface area (Å²) in [6.45, 7) is 6.66. The van der Waals surface area contributed by atoms with Crippen LogP contribution in [0.3, 0.4) is 0 Å². The van der Waals surface area contributed by atoms with Gasteiger partial charge in [-0.2, -0.15) is 0 Å². The minimum atomic E-state index is -1.01. The molecule has 0 aliphatic carbocycles. The zero-order chi connectivity index (χ0) is 15.5. The first-order valence-corrected chi connectivity index (χ1v) is 7.25. The van der Waals surface area contributed by atoms with E-state index in [1.54, 1.807) is 11.8 Å². The van der Waals surface area contributed by atoms with Crippen LogP contribution >= 0.6 is 0 Å². The van der Waals surface area contributed by atoms with Crippen molar-refractivity contribution in [3.63, 3.8) is 0 Å². The molecule has 0 bridgehead atoms. The minimum Gasteiger partial charge on any atom is -0.377 e. The van der Waals surface area contributed by atoms with E-state index in [0.29, 0.717) is 13.2 Å². The number of carbonyl (C=O) groups is 2. The molecule has 1 aliphatic rings. The van der Waals surface area contributed by atoms with E-state index in [9.17, 15) is 9.59 Å². The van der Waals surface area contributed by atoms with Gasteiger partial charge in [-0.3, -0.25) is 9.59 Å². The van der Waals surface area contributed by atoms with E-state index >= 15 is 0 Å². The summed E-state index contributed by atoms with van der Waals surface area (Å²) in [5.41, 5.74) is -0.222. The standard InChI is InChI=1S/C16H22N2O3/c1-4-21-12(2)10-18-11-14(19)17-16(3,15(18)20)13-8-6-5-7-9-13/h5-9,12H,4,10-11H2,1-3H3,(H,17,19). The molecule has 1 N–H and O–H groups in total. The van der Waals surface area contributed by atoms with Crippen molar-refractivity contribution in [3.8, 4) is 0 Å². The summed E-state index contributed by atoms with van der Waals surface area (Å²) in [6.07, 6.45) is -0.0927. The third-order valence-electron chi connectivity index (χ3n) is 3.72. The van der Waals surface area contributed by atoms with Crippen LogP contribution in [0.15, 0.2) is 30.3 Å². The van der Waals surface area contributed by atoms with Gasteiger partial charge in [0.1, 0.15) is 5.54 Å². The average Bonchev–Trinajstić information content (AvgIpc) is 2.45. The highest BCUT2D eigenvalue weighted by Gasteiger charge is 2.44. The van der Waals surface area contributed by atoms with Crippen LogP contribution in [0.2, 0.25) is 0 Å². The average molecular weight is 290 g/mol. The number of nitrogens with one attached hydrogen (secondary N) is 1. The highest BCUT2D eigenvalue weighted by molar-refractivity contribution is 5.98. The van der Waals surface area contributed by atoms with E-state index in [2.05, 4.69) is 5.32 Å². The van der Waals surface area contributed by atoms with Crippen LogP contribution in [0.25, 0.3) is 0 Å². The van der Waals surface area contributed by atoms with Gasteiger partial charge in [0.15, 0.2) is 0 Å². The van der Waals surface area contributed by atoms with E-state index in [1.165, 1.54) is 0 Å². The van der Waals surface area contributed by atoms with Crippen LogP contribution in [-0.2, 0) is 19.9 Å². The van der Waals surface area contributed by atoms with Gasteiger partial charge in [-0.05, 0) is 26.3 Å². The molecular weight excluding hydrogens is 268 g/mol. The molecule has 0 radical (unpaired) electrons. The fourth-order valence-corrected chi connectivity index (χ4v) is 2.70. The van der Waals surface area contributed by atoms with Crippen LogP contribution in [0, 0.1) is 0 Å². The Morgan fingerprint density at radius 3 is 2.62 bits per heavy atom. The Labute approximate surface area is 125 Å². The maximum atomic E-state index is 12.8. The summed E-state index contributed by atoms with van der Waals surface area (Å²) in [5.74, 6) is -0.246. The molecular formula is C16H22N2O3. The summed E-state index contributed by atoms with van der Waals surface area (Å²) in [7, 11) is 0. The van der Waals surface area contributed by atoms with E-state index < -0.39 is 5.54 Å². The molecule has 1 saturated heterocycles. The summed E-state index contributed by atoms with van der Waals surface area (Å²) in [5, 5.41) is 2.82. The molecule has 21 heavy (non-hydrogen) atoms. The first-order chi connectivity index (χ1) is 9.97. The zero-order valence-corrected chi connectivity index (χ0v) is 12.8. The lowest BCUT2D eigenvalue weighted by Gasteiger charge is -2.40. The van der Waals surface area contributed by atoms with Crippen molar-refractivity contribution in [1.82, 2.24) is 10.2 Å². The fraction of sp³-hybridized carbons (Fsp3) is 0.500. The molecule has 114 valence electrons. The smallest absolute Gasteiger partial charge is 0.253 e. The predicted molar refractivity (Wildman–Crippen MR) is 79.6 cm³/mol. The Morgan fingerprint density at radius 2 is 2.00 bits per heavy atom. The largest absolute Gasteiger partial charge is 0.377 e. The van der Waals surface area contributed by atoms with Gasteiger partial charge >= 0.3 is 0 Å². The normalized spacial score (nSPS) is 23.9. The molecule has 2 unspecified atom stereocenters. The first-order valence-electron chi connectivity index (χ1n) is 7.25. The monoisotopic (exact) mass is 290 g/mol. The SMILES string of the molecule is CCOC(C)CN1CC(=O)NC(C)(c2ccccc2)C1=O. The third kappa shape index (κ3) is 3.24. The van der Waals surface area contributed by atoms with Crippen molar-refractivity contribution in [1.29, 1.82) is 0 Å². The summed E-state index contributed by atoms with van der Waals surface area (Å²) in [6, 6.07) is 9.32. The predicted octanol–water partition coefficient (Wildman–Crippen LogP) is 1.29. The Bertz CT molecular complexity index is 518. The second-order valence-corrected chi connectivity index (χ2v) is 5.49. The highest BCUT2D eigenvalue weighted by Crippen LogP contribution is 2.26. The summed E-state index contributed by atoms with van der Waals surface area (Å²) in [4.78, 5) is 26.4. The van der Waals surface area contributed by atoms with E-state index in [1.807, 2.05) is 44.2 Å². The van der Waals surface area contributed by atoms with Crippen molar-refractivity contribution >= 4 is 11.8 Å². The number of hydrogen-bond donors (Lipinski definition) is 1. The number of ether oxygens (including phenoxy) is 1. The molecule has 1 fully saturated rings. The van der Waals surface area contributed by atoms with Gasteiger partial charge in [-0.1, -0.05) is 30.3 Å². The van der Waals surface area contributed by atoms with Gasteiger partial charge < -0.3 is 15.0 Å². The fourth-order valence-electron chi connectivity index (χ4n) is 2.70. The number of hydrogen-bond acceptors (Lipinski definition) is 3.